The van der Waals surface area contributed by atoms with Crippen LogP contribution < -0.4 is 30.8 Å². The fourth-order valence-corrected chi connectivity index (χ4v) is 8.54. The first kappa shape index (κ1) is 33.8. The van der Waals surface area contributed by atoms with E-state index in [9.17, 15) is 0 Å². The Balaban J connectivity index is 1.08. The van der Waals surface area contributed by atoms with Crippen LogP contribution in [-0.4, -0.2) is 6.71 Å². The van der Waals surface area contributed by atoms with Crippen molar-refractivity contribution in [2.45, 2.75) is 0 Å². The van der Waals surface area contributed by atoms with Gasteiger partial charge in [0.1, 0.15) is 23.0 Å². The van der Waals surface area contributed by atoms with Gasteiger partial charge in [-0.05, 0) is 91.8 Å². The first-order chi connectivity index (χ1) is 28.7. The second kappa shape index (κ2) is 14.2. The highest BCUT2D eigenvalue weighted by atomic mass is 16.5. The van der Waals surface area contributed by atoms with Gasteiger partial charge in [-0.2, -0.15) is 0 Å². The van der Waals surface area contributed by atoms with Crippen molar-refractivity contribution >= 4 is 40.2 Å². The van der Waals surface area contributed by atoms with Crippen molar-refractivity contribution in [2.24, 2.45) is 0 Å². The lowest BCUT2D eigenvalue weighted by atomic mass is 9.34. The second-order valence-corrected chi connectivity index (χ2v) is 14.9. The summed E-state index contributed by atoms with van der Waals surface area (Å²) in [5, 5.41) is 0. The van der Waals surface area contributed by atoms with Crippen molar-refractivity contribution in [3.63, 3.8) is 0 Å². The van der Waals surface area contributed by atoms with Gasteiger partial charge < -0.3 is 14.4 Å². The van der Waals surface area contributed by atoms with E-state index in [1.54, 1.807) is 0 Å². The molecule has 2 heterocycles. The quantitative estimate of drug-likeness (QED) is 0.152. The average molecular weight is 742 g/mol. The van der Waals surface area contributed by atoms with Gasteiger partial charge in [0, 0.05) is 29.0 Å². The molecule has 0 fully saturated rings. The first-order valence-corrected chi connectivity index (χ1v) is 19.8. The van der Waals surface area contributed by atoms with Gasteiger partial charge in [-0.3, -0.25) is 0 Å². The summed E-state index contributed by atoms with van der Waals surface area (Å²) in [6.45, 7) is -0.0649. The summed E-state index contributed by atoms with van der Waals surface area (Å²) < 4.78 is 14.0. The molecule has 0 N–H and O–H groups in total. The summed E-state index contributed by atoms with van der Waals surface area (Å²) in [6, 6.07) is 77.3. The normalized spacial score (nSPS) is 12.0. The van der Waals surface area contributed by atoms with Crippen LogP contribution in [0.3, 0.4) is 0 Å². The topological polar surface area (TPSA) is 21.7 Å². The zero-order valence-corrected chi connectivity index (χ0v) is 31.6. The lowest BCUT2D eigenvalue weighted by molar-refractivity contribution is 0.465. The molecule has 11 rings (SSSR count). The van der Waals surface area contributed by atoms with Gasteiger partial charge in [-0.25, -0.2) is 0 Å². The molecule has 0 saturated carbocycles. The largest absolute Gasteiger partial charge is 0.458 e. The van der Waals surface area contributed by atoms with Gasteiger partial charge in [0.25, 0.3) is 6.71 Å². The van der Waals surface area contributed by atoms with Crippen molar-refractivity contribution in [1.82, 2.24) is 0 Å². The molecule has 9 aromatic carbocycles. The number of benzene rings is 9. The number of fused-ring (bicyclic) bond motifs is 4. The van der Waals surface area contributed by atoms with Crippen LogP contribution in [0.4, 0.5) is 17.1 Å². The third-order valence-corrected chi connectivity index (χ3v) is 11.4. The van der Waals surface area contributed by atoms with Crippen LogP contribution in [0.1, 0.15) is 0 Å². The Bertz CT molecular complexity index is 2720. The van der Waals surface area contributed by atoms with Crippen LogP contribution in [0.5, 0.6) is 23.0 Å². The highest BCUT2D eigenvalue weighted by molar-refractivity contribution is 6.98. The molecule has 4 heteroatoms. The van der Waals surface area contributed by atoms with Crippen molar-refractivity contribution in [3.8, 4) is 67.5 Å². The van der Waals surface area contributed by atoms with E-state index < -0.39 is 0 Å². The average Bonchev–Trinajstić information content (AvgIpc) is 3.30. The molecule has 272 valence electrons. The molecule has 0 radical (unpaired) electrons. The van der Waals surface area contributed by atoms with Crippen molar-refractivity contribution in [1.29, 1.82) is 0 Å². The first-order valence-electron chi connectivity index (χ1n) is 19.8. The SMILES string of the molecule is c1ccc(-c2ccc(N(c3ccc(-c4ccccc4)cc3)c3cc4c5c(c3)Oc3cc(-c6ccccc6)ccc3B5c3ccc(-c5ccccc5)cc3O4)cc2)cc1. The Morgan fingerprint density at radius 3 is 0.983 bits per heavy atom. The summed E-state index contributed by atoms with van der Waals surface area (Å²) >= 11 is 0. The van der Waals surface area contributed by atoms with E-state index in [1.165, 1.54) is 11.1 Å². The van der Waals surface area contributed by atoms with E-state index in [2.05, 4.69) is 223 Å². The van der Waals surface area contributed by atoms with Gasteiger partial charge in [-0.1, -0.05) is 170 Å². The summed E-state index contributed by atoms with van der Waals surface area (Å²) in [5.74, 6) is 3.29. The molecule has 0 aromatic heterocycles. The Labute approximate surface area is 339 Å². The van der Waals surface area contributed by atoms with Crippen LogP contribution in [-0.2, 0) is 0 Å². The van der Waals surface area contributed by atoms with E-state index in [0.717, 1.165) is 89.8 Å². The highest BCUT2D eigenvalue weighted by Gasteiger charge is 2.41. The van der Waals surface area contributed by atoms with Crippen LogP contribution in [0.25, 0.3) is 44.5 Å². The highest BCUT2D eigenvalue weighted by Crippen LogP contribution is 2.44. The van der Waals surface area contributed by atoms with Crippen LogP contribution in [0.2, 0.25) is 0 Å². The van der Waals surface area contributed by atoms with E-state index in [1.807, 2.05) is 0 Å². The molecular weight excluding hydrogens is 705 g/mol. The molecular formula is C54H36BNO2. The van der Waals surface area contributed by atoms with Crippen LogP contribution >= 0.6 is 0 Å². The Hall–Kier alpha value is -7.56. The summed E-state index contributed by atoms with van der Waals surface area (Å²) in [7, 11) is 0. The Morgan fingerprint density at radius 1 is 0.276 bits per heavy atom. The summed E-state index contributed by atoms with van der Waals surface area (Å²) in [4.78, 5) is 2.30. The van der Waals surface area contributed by atoms with Gasteiger partial charge in [0.05, 0.1) is 5.69 Å². The number of ether oxygens (including phenoxy) is 2. The fraction of sp³-hybridized carbons (Fsp3) is 0. The monoisotopic (exact) mass is 741 g/mol. The van der Waals surface area contributed by atoms with Gasteiger partial charge in [-0.15, -0.1) is 0 Å². The van der Waals surface area contributed by atoms with Crippen molar-refractivity contribution in [2.75, 3.05) is 4.90 Å². The molecule has 9 aromatic rings. The molecule has 3 nitrogen and oxygen atoms in total. The molecule has 0 atom stereocenters. The number of anilines is 3. The Kier molecular flexibility index (Phi) is 8.26. The van der Waals surface area contributed by atoms with E-state index >= 15 is 0 Å². The van der Waals surface area contributed by atoms with E-state index in [0.29, 0.717) is 0 Å². The molecule has 2 aliphatic rings. The summed E-state index contributed by atoms with van der Waals surface area (Å²) in [6.07, 6.45) is 0. The molecule has 0 saturated heterocycles. The number of rotatable bonds is 7. The molecule has 0 unspecified atom stereocenters. The number of hydrogen-bond donors (Lipinski definition) is 0. The lowest BCUT2D eigenvalue weighted by Gasteiger charge is -2.35. The van der Waals surface area contributed by atoms with E-state index in [-0.39, 0.29) is 6.71 Å². The maximum atomic E-state index is 7.00. The predicted molar refractivity (Wildman–Crippen MR) is 241 cm³/mol. The number of nitrogens with zero attached hydrogens (tertiary/aromatic N) is 1. The van der Waals surface area contributed by atoms with Crippen LogP contribution in [0.15, 0.2) is 218 Å². The molecule has 0 aliphatic carbocycles. The molecule has 58 heavy (non-hydrogen) atoms. The smallest absolute Gasteiger partial charge is 0.260 e. The Morgan fingerprint density at radius 2 is 0.603 bits per heavy atom. The standard InChI is InChI=1S/C54H36BNO2/c1-5-13-37(14-6-1)41-21-27-45(28-22-41)56(46-29-23-42(24-30-46)38-15-7-2-8-16-38)47-35-52-54-53(36-47)58-51-34-44(40-19-11-4-12-20-40)26-32-49(51)55(54)48-31-25-43(33-50(48)57-52)39-17-9-3-10-18-39/h1-36H. The zero-order chi connectivity index (χ0) is 38.4. The molecule has 0 amide bonds. The summed E-state index contributed by atoms with van der Waals surface area (Å²) in [5.41, 5.74) is 15.5. The van der Waals surface area contributed by atoms with Crippen molar-refractivity contribution in [3.05, 3.63) is 218 Å². The third kappa shape index (κ3) is 6.03. The maximum absolute atomic E-state index is 7.00. The molecule has 0 spiro atoms. The number of hydrogen-bond acceptors (Lipinski definition) is 3. The molecule has 2 aliphatic heterocycles. The van der Waals surface area contributed by atoms with Gasteiger partial charge in [0.2, 0.25) is 0 Å². The van der Waals surface area contributed by atoms with Gasteiger partial charge >= 0.3 is 0 Å². The van der Waals surface area contributed by atoms with Gasteiger partial charge in [0.15, 0.2) is 0 Å². The lowest BCUT2D eigenvalue weighted by Crippen LogP contribution is -2.57. The second-order valence-electron chi connectivity index (χ2n) is 14.9. The minimum atomic E-state index is -0.0649. The predicted octanol–water partition coefficient (Wildman–Crippen LogP) is 12.6. The minimum Gasteiger partial charge on any atom is -0.458 e. The fourth-order valence-electron chi connectivity index (χ4n) is 8.54. The zero-order valence-electron chi connectivity index (χ0n) is 31.6. The van der Waals surface area contributed by atoms with E-state index in [4.69, 9.17) is 9.47 Å². The maximum Gasteiger partial charge on any atom is 0.260 e. The van der Waals surface area contributed by atoms with Crippen LogP contribution in [0, 0.1) is 0 Å². The third-order valence-electron chi connectivity index (χ3n) is 11.4. The molecule has 0 bridgehead atoms. The minimum absolute atomic E-state index is 0.0649. The van der Waals surface area contributed by atoms with Crippen molar-refractivity contribution < 1.29 is 9.47 Å².